The Morgan fingerprint density at radius 3 is 2.37 bits per heavy atom. The highest BCUT2D eigenvalue weighted by Gasteiger charge is 2.23. The molecule has 2 fully saturated rings. The van der Waals surface area contributed by atoms with Crippen LogP contribution in [-0.2, 0) is 0 Å². The number of nitrogens with one attached hydrogen (secondary N) is 1. The van der Waals surface area contributed by atoms with Crippen molar-refractivity contribution in [1.82, 2.24) is 4.90 Å². The van der Waals surface area contributed by atoms with Gasteiger partial charge in [-0.1, -0.05) is 18.2 Å². The molecule has 1 aliphatic carbocycles. The van der Waals surface area contributed by atoms with Gasteiger partial charge in [0.2, 0.25) is 0 Å². The molecule has 0 spiro atoms. The maximum atomic E-state index is 4.84. The second-order valence-corrected chi connectivity index (χ2v) is 5.22. The van der Waals surface area contributed by atoms with Crippen molar-refractivity contribution in [3.63, 3.8) is 0 Å². The highest BCUT2D eigenvalue weighted by Crippen LogP contribution is 2.25. The third-order valence-corrected chi connectivity index (χ3v) is 3.54. The number of piperidine rings is 1. The Balaban J connectivity index is 0.00000133. The number of rotatable bonds is 2. The quantitative estimate of drug-likeness (QED) is 0.488. The number of halogens is 1. The molecule has 0 bridgehead atoms. The van der Waals surface area contributed by atoms with E-state index >= 15 is 0 Å². The highest BCUT2D eigenvalue weighted by atomic mass is 127. The van der Waals surface area contributed by atoms with Crippen LogP contribution in [0.4, 0.5) is 5.69 Å². The van der Waals surface area contributed by atoms with Crippen molar-refractivity contribution in [1.29, 1.82) is 0 Å². The molecule has 0 atom stereocenters. The number of para-hydroxylation sites is 1. The zero-order valence-corrected chi connectivity index (χ0v) is 13.5. The van der Waals surface area contributed by atoms with Crippen LogP contribution in [0.25, 0.3) is 0 Å². The van der Waals surface area contributed by atoms with Crippen LogP contribution in [0.15, 0.2) is 35.3 Å². The lowest BCUT2D eigenvalue weighted by Gasteiger charge is -2.30. The molecular weight excluding hydrogens is 349 g/mol. The molecule has 1 aromatic carbocycles. The molecule has 3 rings (SSSR count). The minimum absolute atomic E-state index is 0. The molecule has 0 aromatic heterocycles. The first-order valence-electron chi connectivity index (χ1n) is 7.07. The van der Waals surface area contributed by atoms with E-state index < -0.39 is 0 Å². The van der Waals surface area contributed by atoms with Gasteiger partial charge < -0.3 is 10.2 Å². The molecule has 3 nitrogen and oxygen atoms in total. The lowest BCUT2D eigenvalue weighted by molar-refractivity contribution is 0.340. The summed E-state index contributed by atoms with van der Waals surface area (Å²) >= 11 is 0. The maximum Gasteiger partial charge on any atom is 0.198 e. The normalized spacial score (nSPS) is 19.8. The Morgan fingerprint density at radius 2 is 1.74 bits per heavy atom. The largest absolute Gasteiger partial charge is 0.343 e. The summed E-state index contributed by atoms with van der Waals surface area (Å²) in [7, 11) is 0. The van der Waals surface area contributed by atoms with Gasteiger partial charge in [0.1, 0.15) is 0 Å². The Bertz CT molecular complexity index is 409. The van der Waals surface area contributed by atoms with Crippen LogP contribution in [0.3, 0.4) is 0 Å². The summed E-state index contributed by atoms with van der Waals surface area (Å²) in [5, 5.41) is 3.50. The summed E-state index contributed by atoms with van der Waals surface area (Å²) in [6.07, 6.45) is 6.46. The van der Waals surface area contributed by atoms with E-state index in [1.165, 1.54) is 32.1 Å². The topological polar surface area (TPSA) is 27.6 Å². The number of anilines is 1. The standard InChI is InChI=1S/C15H21N3.HI/c1-3-7-13(8-4-1)16-15(17-14-9-10-14)18-11-5-2-6-12-18;/h1,3-4,7-8,14H,2,5-6,9-12H2,(H,16,17);1H. The van der Waals surface area contributed by atoms with Crippen LogP contribution in [-0.4, -0.2) is 30.0 Å². The number of guanidine groups is 1. The molecule has 104 valence electrons. The smallest absolute Gasteiger partial charge is 0.198 e. The molecule has 4 heteroatoms. The summed E-state index contributed by atoms with van der Waals surface area (Å²) in [5.41, 5.74) is 1.14. The Hall–Kier alpha value is -0.780. The zero-order valence-electron chi connectivity index (χ0n) is 11.2. The van der Waals surface area contributed by atoms with Crippen molar-refractivity contribution in [2.24, 2.45) is 4.99 Å². The SMILES string of the molecule is I.c1ccc(NC(=NC2CC2)N2CCCCC2)cc1. The summed E-state index contributed by atoms with van der Waals surface area (Å²) in [6, 6.07) is 10.9. The van der Waals surface area contributed by atoms with Gasteiger partial charge in [0.05, 0.1) is 6.04 Å². The number of hydrogen-bond acceptors (Lipinski definition) is 1. The maximum absolute atomic E-state index is 4.84. The molecule has 1 saturated heterocycles. The lowest BCUT2D eigenvalue weighted by Crippen LogP contribution is -2.40. The predicted molar refractivity (Wildman–Crippen MR) is 91.4 cm³/mol. The van der Waals surface area contributed by atoms with Gasteiger partial charge in [-0.3, -0.25) is 0 Å². The van der Waals surface area contributed by atoms with Gasteiger partial charge in [0, 0.05) is 18.8 Å². The number of likely N-dealkylation sites (tertiary alicyclic amines) is 1. The van der Waals surface area contributed by atoms with E-state index in [0.29, 0.717) is 6.04 Å². The molecular formula is C15H22IN3. The van der Waals surface area contributed by atoms with Gasteiger partial charge in [-0.2, -0.15) is 0 Å². The van der Waals surface area contributed by atoms with Crippen molar-refractivity contribution < 1.29 is 0 Å². The predicted octanol–water partition coefficient (Wildman–Crippen LogP) is 3.72. The fourth-order valence-electron chi connectivity index (χ4n) is 2.33. The monoisotopic (exact) mass is 371 g/mol. The van der Waals surface area contributed by atoms with E-state index in [4.69, 9.17) is 4.99 Å². The Kier molecular flexibility index (Phi) is 5.48. The van der Waals surface area contributed by atoms with Crippen molar-refractivity contribution in [2.45, 2.75) is 38.1 Å². The third kappa shape index (κ3) is 4.37. The molecule has 0 amide bonds. The minimum atomic E-state index is 0. The molecule has 1 aliphatic heterocycles. The van der Waals surface area contributed by atoms with Crippen LogP contribution < -0.4 is 5.32 Å². The molecule has 1 heterocycles. The van der Waals surface area contributed by atoms with Gasteiger partial charge in [-0.25, -0.2) is 4.99 Å². The van der Waals surface area contributed by atoms with E-state index in [-0.39, 0.29) is 24.0 Å². The van der Waals surface area contributed by atoms with E-state index in [0.717, 1.165) is 24.7 Å². The summed E-state index contributed by atoms with van der Waals surface area (Å²) in [5.74, 6) is 1.09. The van der Waals surface area contributed by atoms with Gasteiger partial charge in [0.25, 0.3) is 0 Å². The fourth-order valence-corrected chi connectivity index (χ4v) is 2.33. The van der Waals surface area contributed by atoms with Gasteiger partial charge >= 0.3 is 0 Å². The first kappa shape index (κ1) is 14.6. The average Bonchev–Trinajstić information content (AvgIpc) is 3.24. The van der Waals surface area contributed by atoms with Crippen LogP contribution >= 0.6 is 24.0 Å². The first-order chi connectivity index (χ1) is 8.92. The van der Waals surface area contributed by atoms with Crippen molar-refractivity contribution in [2.75, 3.05) is 18.4 Å². The summed E-state index contributed by atoms with van der Waals surface area (Å²) in [4.78, 5) is 7.25. The molecule has 19 heavy (non-hydrogen) atoms. The average molecular weight is 371 g/mol. The Morgan fingerprint density at radius 1 is 1.05 bits per heavy atom. The van der Waals surface area contributed by atoms with E-state index in [2.05, 4.69) is 34.5 Å². The third-order valence-electron chi connectivity index (χ3n) is 3.54. The van der Waals surface area contributed by atoms with Gasteiger partial charge in [-0.15, -0.1) is 24.0 Å². The number of benzene rings is 1. The number of nitrogens with zero attached hydrogens (tertiary/aromatic N) is 2. The number of hydrogen-bond donors (Lipinski definition) is 1. The van der Waals surface area contributed by atoms with E-state index in [1.807, 2.05) is 6.07 Å². The molecule has 0 radical (unpaired) electrons. The van der Waals surface area contributed by atoms with Crippen molar-refractivity contribution in [3.05, 3.63) is 30.3 Å². The lowest BCUT2D eigenvalue weighted by atomic mass is 10.1. The van der Waals surface area contributed by atoms with E-state index in [9.17, 15) is 0 Å². The minimum Gasteiger partial charge on any atom is -0.343 e. The number of aliphatic imine (C=N–C) groups is 1. The van der Waals surface area contributed by atoms with Gasteiger partial charge in [-0.05, 0) is 44.2 Å². The van der Waals surface area contributed by atoms with Crippen LogP contribution in [0, 0.1) is 0 Å². The van der Waals surface area contributed by atoms with Crippen LogP contribution in [0.5, 0.6) is 0 Å². The molecule has 0 unspecified atom stereocenters. The molecule has 1 aromatic rings. The fraction of sp³-hybridized carbons (Fsp3) is 0.533. The van der Waals surface area contributed by atoms with Crippen molar-refractivity contribution >= 4 is 35.6 Å². The first-order valence-corrected chi connectivity index (χ1v) is 7.07. The molecule has 1 saturated carbocycles. The summed E-state index contributed by atoms with van der Waals surface area (Å²) in [6.45, 7) is 2.29. The summed E-state index contributed by atoms with van der Waals surface area (Å²) < 4.78 is 0. The Labute approximate surface area is 132 Å². The van der Waals surface area contributed by atoms with Crippen molar-refractivity contribution in [3.8, 4) is 0 Å². The second-order valence-electron chi connectivity index (χ2n) is 5.22. The zero-order chi connectivity index (χ0) is 12.2. The second kappa shape index (κ2) is 7.12. The van der Waals surface area contributed by atoms with Gasteiger partial charge in [0.15, 0.2) is 5.96 Å². The molecule has 2 aliphatic rings. The van der Waals surface area contributed by atoms with E-state index in [1.54, 1.807) is 0 Å². The highest BCUT2D eigenvalue weighted by molar-refractivity contribution is 14.0. The molecule has 1 N–H and O–H groups in total. The van der Waals surface area contributed by atoms with Crippen LogP contribution in [0.2, 0.25) is 0 Å². The van der Waals surface area contributed by atoms with Crippen LogP contribution in [0.1, 0.15) is 32.1 Å².